The van der Waals surface area contributed by atoms with Gasteiger partial charge in [-0.25, -0.2) is 0 Å². The smallest absolute Gasteiger partial charge is 0.00397 e. The van der Waals surface area contributed by atoms with Gasteiger partial charge in [-0.1, -0.05) is 6.58 Å². The summed E-state index contributed by atoms with van der Waals surface area (Å²) in [4.78, 5) is 0. The Kier molecular flexibility index (Phi) is 1.20. The van der Waals surface area contributed by atoms with Crippen molar-refractivity contribution in [2.45, 2.75) is 6.92 Å². The van der Waals surface area contributed by atoms with Gasteiger partial charge in [0.1, 0.15) is 0 Å². The molecular weight excluding hydrogens is 98.1 g/mol. The molecule has 0 aromatic heterocycles. The summed E-state index contributed by atoms with van der Waals surface area (Å²) >= 11 is 0. The fraction of sp³-hybridized carbons (Fsp3) is 0.143. The molecule has 1 N–H and O–H groups in total. The van der Waals surface area contributed by atoms with E-state index in [2.05, 4.69) is 11.9 Å². The molecular formula is C7H9N. The first-order chi connectivity index (χ1) is 3.80. The average molecular weight is 107 g/mol. The quantitative estimate of drug-likeness (QED) is 0.495. The lowest BCUT2D eigenvalue weighted by atomic mass is 10.1. The predicted octanol–water partition coefficient (Wildman–Crippen LogP) is 1.56. The molecule has 0 aliphatic carbocycles. The minimum atomic E-state index is 1.09. The predicted molar refractivity (Wildman–Crippen MR) is 35.2 cm³/mol. The zero-order chi connectivity index (χ0) is 5.98. The summed E-state index contributed by atoms with van der Waals surface area (Å²) in [5, 5.41) is 2.96. The highest BCUT2D eigenvalue weighted by atomic mass is 14.8. The first-order valence-corrected chi connectivity index (χ1v) is 2.59. The minimum Gasteiger partial charge on any atom is -0.367 e. The fourth-order valence-electron chi connectivity index (χ4n) is 0.546. The Labute approximate surface area is 49.4 Å². The molecule has 0 saturated carbocycles. The first-order valence-electron chi connectivity index (χ1n) is 2.59. The summed E-state index contributed by atoms with van der Waals surface area (Å²) < 4.78 is 0. The fourth-order valence-corrected chi connectivity index (χ4v) is 0.546. The van der Waals surface area contributed by atoms with E-state index in [9.17, 15) is 0 Å². The molecule has 1 rings (SSSR count). The van der Waals surface area contributed by atoms with Gasteiger partial charge in [0.2, 0.25) is 0 Å². The maximum Gasteiger partial charge on any atom is 0.00397 e. The summed E-state index contributed by atoms with van der Waals surface area (Å²) in [7, 11) is 0. The molecule has 0 fully saturated rings. The van der Waals surface area contributed by atoms with Crippen molar-refractivity contribution in [1.82, 2.24) is 5.32 Å². The van der Waals surface area contributed by atoms with E-state index in [4.69, 9.17) is 0 Å². The zero-order valence-corrected chi connectivity index (χ0v) is 4.94. The van der Waals surface area contributed by atoms with Crippen LogP contribution in [0.1, 0.15) is 6.92 Å². The van der Waals surface area contributed by atoms with E-state index in [-0.39, 0.29) is 0 Å². The van der Waals surface area contributed by atoms with Crippen molar-refractivity contribution in [2.75, 3.05) is 0 Å². The van der Waals surface area contributed by atoms with E-state index in [1.165, 1.54) is 5.57 Å². The Morgan fingerprint density at radius 1 is 1.62 bits per heavy atom. The third-order valence-electron chi connectivity index (χ3n) is 1.19. The number of allylic oxidation sites excluding steroid dienone is 3. The van der Waals surface area contributed by atoms with Crippen LogP contribution < -0.4 is 5.32 Å². The number of dihydropyridines is 1. The number of hydrogen-bond acceptors (Lipinski definition) is 1. The molecule has 0 spiro atoms. The van der Waals surface area contributed by atoms with E-state index in [1.54, 1.807) is 0 Å². The first kappa shape index (κ1) is 5.16. The third-order valence-corrected chi connectivity index (χ3v) is 1.19. The molecule has 1 nitrogen and oxygen atoms in total. The summed E-state index contributed by atoms with van der Waals surface area (Å²) in [6, 6.07) is 0. The molecule has 42 valence electrons. The van der Waals surface area contributed by atoms with Crippen LogP contribution in [0.4, 0.5) is 0 Å². The molecule has 1 heteroatoms. The van der Waals surface area contributed by atoms with Gasteiger partial charge in [-0.3, -0.25) is 0 Å². The Morgan fingerprint density at radius 2 is 2.38 bits per heavy atom. The molecule has 8 heavy (non-hydrogen) atoms. The average Bonchev–Trinajstić information content (AvgIpc) is 1.77. The van der Waals surface area contributed by atoms with Crippen LogP contribution in [0.5, 0.6) is 0 Å². The summed E-state index contributed by atoms with van der Waals surface area (Å²) in [5.74, 6) is 0. The standard InChI is InChI=1S/C7H9N/c1-6-3-4-8-5-7(6)2/h3-5,8H,1H2,2H3. The van der Waals surface area contributed by atoms with Gasteiger partial charge in [0.15, 0.2) is 0 Å². The molecule has 0 aromatic rings. The van der Waals surface area contributed by atoms with Crippen LogP contribution in [-0.2, 0) is 0 Å². The van der Waals surface area contributed by atoms with Gasteiger partial charge in [0.05, 0.1) is 0 Å². The number of nitrogens with one attached hydrogen (secondary N) is 1. The highest BCUT2D eigenvalue weighted by Crippen LogP contribution is 2.08. The van der Waals surface area contributed by atoms with Gasteiger partial charge in [0, 0.05) is 12.4 Å². The number of hydrogen-bond donors (Lipinski definition) is 1. The van der Waals surface area contributed by atoms with Crippen LogP contribution in [-0.4, -0.2) is 0 Å². The Balaban J connectivity index is 2.78. The van der Waals surface area contributed by atoms with Gasteiger partial charge in [0.25, 0.3) is 0 Å². The molecule has 0 bridgehead atoms. The highest BCUT2D eigenvalue weighted by Gasteiger charge is 1.93. The van der Waals surface area contributed by atoms with E-state index >= 15 is 0 Å². The maximum absolute atomic E-state index is 3.80. The number of rotatable bonds is 0. The van der Waals surface area contributed by atoms with Gasteiger partial charge < -0.3 is 5.32 Å². The maximum atomic E-state index is 3.80. The van der Waals surface area contributed by atoms with Crippen molar-refractivity contribution in [3.8, 4) is 0 Å². The molecule has 1 aliphatic rings. The van der Waals surface area contributed by atoms with E-state index < -0.39 is 0 Å². The lowest BCUT2D eigenvalue weighted by Crippen LogP contribution is -1.99. The van der Waals surface area contributed by atoms with Crippen LogP contribution in [0.3, 0.4) is 0 Å². The summed E-state index contributed by atoms with van der Waals surface area (Å²) in [5.41, 5.74) is 2.29. The third kappa shape index (κ3) is 0.808. The SMILES string of the molecule is C=C1C=CNC=C1C. The second kappa shape index (κ2) is 1.86. The van der Waals surface area contributed by atoms with Crippen molar-refractivity contribution in [2.24, 2.45) is 0 Å². The topological polar surface area (TPSA) is 12.0 Å². The largest absolute Gasteiger partial charge is 0.367 e. The van der Waals surface area contributed by atoms with Gasteiger partial charge >= 0.3 is 0 Å². The molecule has 0 radical (unpaired) electrons. The van der Waals surface area contributed by atoms with Crippen LogP contribution in [0.2, 0.25) is 0 Å². The highest BCUT2D eigenvalue weighted by molar-refractivity contribution is 5.38. The van der Waals surface area contributed by atoms with Crippen molar-refractivity contribution in [1.29, 1.82) is 0 Å². The molecule has 0 atom stereocenters. The Morgan fingerprint density at radius 3 is 2.75 bits per heavy atom. The summed E-state index contributed by atoms with van der Waals surface area (Å²) in [6.45, 7) is 5.83. The van der Waals surface area contributed by atoms with E-state index in [0.717, 1.165) is 5.57 Å². The Hall–Kier alpha value is -0.980. The van der Waals surface area contributed by atoms with Crippen molar-refractivity contribution < 1.29 is 0 Å². The minimum absolute atomic E-state index is 1.09. The van der Waals surface area contributed by atoms with Gasteiger partial charge in [-0.05, 0) is 24.1 Å². The molecule has 0 aromatic carbocycles. The lowest BCUT2D eigenvalue weighted by molar-refractivity contribution is 1.12. The van der Waals surface area contributed by atoms with Crippen LogP contribution in [0.15, 0.2) is 36.2 Å². The lowest BCUT2D eigenvalue weighted by Gasteiger charge is -2.04. The molecule has 0 amide bonds. The van der Waals surface area contributed by atoms with Crippen LogP contribution in [0, 0.1) is 0 Å². The molecule has 1 heterocycles. The molecule has 1 aliphatic heterocycles. The van der Waals surface area contributed by atoms with E-state index in [1.807, 2.05) is 25.4 Å². The van der Waals surface area contributed by atoms with Gasteiger partial charge in [-0.15, -0.1) is 0 Å². The molecule has 0 unspecified atom stereocenters. The monoisotopic (exact) mass is 107 g/mol. The van der Waals surface area contributed by atoms with Crippen molar-refractivity contribution in [3.63, 3.8) is 0 Å². The normalized spacial score (nSPS) is 17.6. The van der Waals surface area contributed by atoms with Crippen LogP contribution >= 0.6 is 0 Å². The van der Waals surface area contributed by atoms with Crippen molar-refractivity contribution >= 4 is 0 Å². The van der Waals surface area contributed by atoms with Gasteiger partial charge in [-0.2, -0.15) is 0 Å². The van der Waals surface area contributed by atoms with Crippen LogP contribution in [0.25, 0.3) is 0 Å². The summed E-state index contributed by atoms with van der Waals surface area (Å²) in [6.07, 6.45) is 5.76. The van der Waals surface area contributed by atoms with E-state index in [0.29, 0.717) is 0 Å². The second-order valence-corrected chi connectivity index (χ2v) is 1.85. The Bertz CT molecular complexity index is 163. The zero-order valence-electron chi connectivity index (χ0n) is 4.94. The second-order valence-electron chi connectivity index (χ2n) is 1.85. The van der Waals surface area contributed by atoms with Crippen molar-refractivity contribution in [3.05, 3.63) is 36.2 Å². The molecule has 0 saturated heterocycles.